The molecule has 1 atom stereocenters. The van der Waals surface area contributed by atoms with E-state index in [9.17, 15) is 4.79 Å². The van der Waals surface area contributed by atoms with Gasteiger partial charge in [0.25, 0.3) is 0 Å². The van der Waals surface area contributed by atoms with Crippen LogP contribution in [0, 0.1) is 5.41 Å². The number of likely N-dealkylation sites (tertiary alicyclic amines) is 2. The van der Waals surface area contributed by atoms with E-state index >= 15 is 0 Å². The molecule has 3 aliphatic rings. The molecule has 0 N–H and O–H groups in total. The van der Waals surface area contributed by atoms with Crippen molar-refractivity contribution < 1.29 is 4.79 Å². The molecule has 28 heavy (non-hydrogen) atoms. The summed E-state index contributed by atoms with van der Waals surface area (Å²) in [7, 11) is 0. The van der Waals surface area contributed by atoms with Gasteiger partial charge in [-0.25, -0.2) is 0 Å². The zero-order valence-corrected chi connectivity index (χ0v) is 16.5. The van der Waals surface area contributed by atoms with Gasteiger partial charge >= 0.3 is 0 Å². The number of nitrogens with zero attached hydrogens (tertiary/aromatic N) is 3. The maximum atomic E-state index is 13.2. The lowest BCUT2D eigenvalue weighted by molar-refractivity contribution is -0.142. The summed E-state index contributed by atoms with van der Waals surface area (Å²) in [4.78, 5) is 22.5. The number of pyridine rings is 1. The van der Waals surface area contributed by atoms with Crippen molar-refractivity contribution in [3.05, 3.63) is 66.0 Å². The third-order valence-corrected chi connectivity index (χ3v) is 6.94. The smallest absolute Gasteiger partial charge is 0.230 e. The van der Waals surface area contributed by atoms with Gasteiger partial charge in [-0.15, -0.1) is 0 Å². The first-order valence-electron chi connectivity index (χ1n) is 10.7. The van der Waals surface area contributed by atoms with Gasteiger partial charge in [-0.3, -0.25) is 14.7 Å². The Labute approximate surface area is 167 Å². The van der Waals surface area contributed by atoms with Crippen LogP contribution in [-0.2, 0) is 11.3 Å². The maximum absolute atomic E-state index is 13.2. The molecule has 0 radical (unpaired) electrons. The quantitative estimate of drug-likeness (QED) is 0.815. The van der Waals surface area contributed by atoms with Crippen molar-refractivity contribution in [3.8, 4) is 0 Å². The van der Waals surface area contributed by atoms with Crippen molar-refractivity contribution in [2.24, 2.45) is 5.41 Å². The first-order chi connectivity index (χ1) is 13.7. The van der Waals surface area contributed by atoms with Crippen LogP contribution in [0.3, 0.4) is 0 Å². The van der Waals surface area contributed by atoms with Crippen LogP contribution in [0.25, 0.3) is 0 Å². The Hall–Kier alpha value is -2.20. The van der Waals surface area contributed by atoms with Crippen LogP contribution in [0.2, 0.25) is 0 Å². The Morgan fingerprint density at radius 1 is 1.00 bits per heavy atom. The van der Waals surface area contributed by atoms with Gasteiger partial charge in [0.15, 0.2) is 0 Å². The van der Waals surface area contributed by atoms with E-state index in [0.717, 1.165) is 38.3 Å². The molecule has 4 nitrogen and oxygen atoms in total. The molecule has 5 rings (SSSR count). The number of benzene rings is 1. The molecule has 146 valence electrons. The minimum atomic E-state index is 0.0397. The second kappa shape index (κ2) is 7.32. The Balaban J connectivity index is 1.32. The molecule has 1 saturated carbocycles. The molecular formula is C24H29N3O. The SMILES string of the molecule is O=C1[C@@H](c2ccccc2)CC2(CCN(Cc3ccccn3)CC2)CN1C1CC1. The summed E-state index contributed by atoms with van der Waals surface area (Å²) in [6.45, 7) is 4.11. The minimum absolute atomic E-state index is 0.0397. The van der Waals surface area contributed by atoms with Gasteiger partial charge in [0.2, 0.25) is 5.91 Å². The van der Waals surface area contributed by atoms with Crippen LogP contribution in [-0.4, -0.2) is 46.4 Å². The molecule has 2 saturated heterocycles. The standard InChI is InChI=1S/C24H29N3O/c28-23-22(19-6-2-1-3-7-19)16-24(18-27(23)21-9-10-21)11-14-26(15-12-24)17-20-8-4-5-13-25-20/h1-8,13,21-22H,9-12,14-18H2/t22-/m1/s1. The molecule has 1 spiro atoms. The summed E-state index contributed by atoms with van der Waals surface area (Å²) < 4.78 is 0. The summed E-state index contributed by atoms with van der Waals surface area (Å²) in [5.74, 6) is 0.410. The van der Waals surface area contributed by atoms with Crippen molar-refractivity contribution in [1.82, 2.24) is 14.8 Å². The fourth-order valence-electron chi connectivity index (χ4n) is 5.13. The number of hydrogen-bond donors (Lipinski definition) is 0. The highest BCUT2D eigenvalue weighted by atomic mass is 16.2. The molecule has 4 heteroatoms. The second-order valence-electron chi connectivity index (χ2n) is 8.96. The number of aromatic nitrogens is 1. The number of carbonyl (C=O) groups is 1. The average molecular weight is 376 g/mol. The second-order valence-corrected chi connectivity index (χ2v) is 8.96. The highest BCUT2D eigenvalue weighted by molar-refractivity contribution is 5.85. The van der Waals surface area contributed by atoms with E-state index in [1.165, 1.54) is 31.2 Å². The van der Waals surface area contributed by atoms with Gasteiger partial charge < -0.3 is 4.90 Å². The number of piperidine rings is 2. The topological polar surface area (TPSA) is 36.4 Å². The van der Waals surface area contributed by atoms with Crippen molar-refractivity contribution in [2.75, 3.05) is 19.6 Å². The lowest BCUT2D eigenvalue weighted by atomic mass is 9.67. The van der Waals surface area contributed by atoms with Crippen LogP contribution < -0.4 is 0 Å². The third-order valence-electron chi connectivity index (χ3n) is 6.94. The van der Waals surface area contributed by atoms with E-state index in [-0.39, 0.29) is 11.3 Å². The fourth-order valence-corrected chi connectivity index (χ4v) is 5.13. The van der Waals surface area contributed by atoms with Gasteiger partial charge in [0, 0.05) is 25.3 Å². The Morgan fingerprint density at radius 3 is 2.43 bits per heavy atom. The summed E-state index contributed by atoms with van der Waals surface area (Å²) in [6.07, 6.45) is 7.63. The van der Waals surface area contributed by atoms with E-state index in [1.807, 2.05) is 18.3 Å². The molecule has 1 aliphatic carbocycles. The number of carbonyl (C=O) groups excluding carboxylic acids is 1. The van der Waals surface area contributed by atoms with Gasteiger partial charge in [-0.05, 0) is 68.3 Å². The first-order valence-corrected chi connectivity index (χ1v) is 10.7. The fraction of sp³-hybridized carbons (Fsp3) is 0.500. The molecule has 2 aliphatic heterocycles. The zero-order chi connectivity index (χ0) is 19.0. The number of hydrogen-bond acceptors (Lipinski definition) is 3. The van der Waals surface area contributed by atoms with Crippen LogP contribution in [0.1, 0.15) is 49.3 Å². The van der Waals surface area contributed by atoms with Crippen molar-refractivity contribution in [3.63, 3.8) is 0 Å². The lowest BCUT2D eigenvalue weighted by Crippen LogP contribution is -2.54. The van der Waals surface area contributed by atoms with Crippen molar-refractivity contribution >= 4 is 5.91 Å². The highest BCUT2D eigenvalue weighted by Crippen LogP contribution is 2.48. The summed E-state index contributed by atoms with van der Waals surface area (Å²) in [5, 5.41) is 0. The lowest BCUT2D eigenvalue weighted by Gasteiger charge is -2.50. The molecular weight excluding hydrogens is 346 g/mol. The third kappa shape index (κ3) is 3.58. The summed E-state index contributed by atoms with van der Waals surface area (Å²) >= 11 is 0. The average Bonchev–Trinajstić information content (AvgIpc) is 3.58. The van der Waals surface area contributed by atoms with E-state index in [2.05, 4.69) is 51.2 Å². The largest absolute Gasteiger partial charge is 0.339 e. The van der Waals surface area contributed by atoms with Crippen molar-refractivity contribution in [1.29, 1.82) is 0 Å². The van der Waals surface area contributed by atoms with Crippen LogP contribution in [0.5, 0.6) is 0 Å². The summed E-state index contributed by atoms with van der Waals surface area (Å²) in [6, 6.07) is 17.1. The minimum Gasteiger partial charge on any atom is -0.339 e. The van der Waals surface area contributed by atoms with E-state index in [4.69, 9.17) is 0 Å². The predicted octanol–water partition coefficient (Wildman–Crippen LogP) is 3.84. The van der Waals surface area contributed by atoms with Crippen LogP contribution >= 0.6 is 0 Å². The molecule has 3 fully saturated rings. The number of rotatable bonds is 4. The Kier molecular flexibility index (Phi) is 4.67. The molecule has 1 amide bonds. The molecule has 0 unspecified atom stereocenters. The van der Waals surface area contributed by atoms with E-state index in [0.29, 0.717) is 11.9 Å². The summed E-state index contributed by atoms with van der Waals surface area (Å²) in [5.41, 5.74) is 2.63. The normalized spacial score (nSPS) is 25.2. The molecule has 1 aromatic carbocycles. The van der Waals surface area contributed by atoms with Crippen LogP contribution in [0.15, 0.2) is 54.7 Å². The molecule has 2 aromatic rings. The van der Waals surface area contributed by atoms with Gasteiger partial charge in [-0.2, -0.15) is 0 Å². The molecule has 1 aromatic heterocycles. The monoisotopic (exact) mass is 375 g/mol. The van der Waals surface area contributed by atoms with Gasteiger partial charge in [0.05, 0.1) is 11.6 Å². The predicted molar refractivity (Wildman–Crippen MR) is 110 cm³/mol. The maximum Gasteiger partial charge on any atom is 0.230 e. The highest BCUT2D eigenvalue weighted by Gasteiger charge is 2.49. The zero-order valence-electron chi connectivity index (χ0n) is 16.5. The van der Waals surface area contributed by atoms with Crippen LogP contribution in [0.4, 0.5) is 0 Å². The Morgan fingerprint density at radius 2 is 1.75 bits per heavy atom. The van der Waals surface area contributed by atoms with Gasteiger partial charge in [0.1, 0.15) is 0 Å². The molecule has 0 bridgehead atoms. The van der Waals surface area contributed by atoms with Crippen molar-refractivity contribution in [2.45, 2.75) is 50.6 Å². The first kappa shape index (κ1) is 17.9. The van der Waals surface area contributed by atoms with Gasteiger partial charge in [-0.1, -0.05) is 36.4 Å². The van der Waals surface area contributed by atoms with E-state index in [1.54, 1.807) is 0 Å². The Bertz CT molecular complexity index is 810. The number of amides is 1. The van der Waals surface area contributed by atoms with E-state index < -0.39 is 0 Å². The molecule has 3 heterocycles.